The first-order chi connectivity index (χ1) is 28.4. The van der Waals surface area contributed by atoms with Crippen molar-refractivity contribution < 1.29 is 18.1 Å². The van der Waals surface area contributed by atoms with Crippen LogP contribution in [0, 0.1) is 23.7 Å². The summed E-state index contributed by atoms with van der Waals surface area (Å²) in [4.78, 5) is 1.60. The second-order valence-corrected chi connectivity index (χ2v) is 17.3. The number of hydrogen-bond acceptors (Lipinski definition) is 2. The first-order valence-corrected chi connectivity index (χ1v) is 18.5. The van der Waals surface area contributed by atoms with Crippen molar-refractivity contribution in [1.82, 2.24) is 0 Å². The molecule has 6 aliphatic rings. The third-order valence-corrected chi connectivity index (χ3v) is 13.6. The molecule has 1 heterocycles. The van der Waals surface area contributed by atoms with Crippen LogP contribution in [0.15, 0.2) is 107 Å². The Hall–Kier alpha value is -4.30. The lowest BCUT2D eigenvalue weighted by Gasteiger charge is -2.61. The molecule has 0 aliphatic heterocycles. The minimum Gasteiger partial charge on any atom is -0.456 e. The van der Waals surface area contributed by atoms with E-state index in [1.54, 1.807) is 4.90 Å². The van der Waals surface area contributed by atoms with Gasteiger partial charge in [0.15, 0.2) is 0 Å². The Morgan fingerprint density at radius 2 is 1.26 bits per heavy atom. The molecule has 0 atom stereocenters. The van der Waals surface area contributed by atoms with E-state index in [0.717, 1.165) is 55.9 Å². The molecule has 6 aliphatic carbocycles. The van der Waals surface area contributed by atoms with Gasteiger partial charge in [0.1, 0.15) is 11.2 Å². The number of furan rings is 1. The van der Waals surface area contributed by atoms with E-state index in [0.29, 0.717) is 28.7 Å². The molecule has 0 saturated heterocycles. The number of anilines is 3. The van der Waals surface area contributed by atoms with Gasteiger partial charge in [0.05, 0.1) is 13.7 Å². The first-order valence-electron chi connectivity index (χ1n) is 23.5. The van der Waals surface area contributed by atoms with Crippen molar-refractivity contribution in [3.63, 3.8) is 0 Å². The summed E-state index contributed by atoms with van der Waals surface area (Å²) in [5, 5.41) is -0.117. The predicted octanol–water partition coefficient (Wildman–Crippen LogP) is 13.1. The van der Waals surface area contributed by atoms with Crippen LogP contribution in [0.3, 0.4) is 0 Å². The zero-order valence-corrected chi connectivity index (χ0v) is 29.2. The van der Waals surface area contributed by atoms with Gasteiger partial charge in [-0.05, 0) is 155 Å². The van der Waals surface area contributed by atoms with Crippen molar-refractivity contribution in [3.05, 3.63) is 125 Å². The normalized spacial score (nSPS) is 30.6. The van der Waals surface area contributed by atoms with Crippen LogP contribution in [0.25, 0.3) is 33.1 Å². The fourth-order valence-electron chi connectivity index (χ4n) is 11.4. The topological polar surface area (TPSA) is 16.4 Å². The van der Waals surface area contributed by atoms with Gasteiger partial charge >= 0.3 is 0 Å². The molecule has 4 saturated carbocycles. The second kappa shape index (κ2) is 9.93. The van der Waals surface area contributed by atoms with E-state index in [1.165, 1.54) is 23.1 Å². The molecule has 2 nitrogen and oxygen atoms in total. The fourth-order valence-corrected chi connectivity index (χ4v) is 11.4. The van der Waals surface area contributed by atoms with E-state index in [-0.39, 0.29) is 68.9 Å². The van der Waals surface area contributed by atoms with Gasteiger partial charge in [0, 0.05) is 39.3 Å². The maximum atomic E-state index is 10.1. The number of hydrogen-bond donors (Lipinski definition) is 0. The van der Waals surface area contributed by atoms with Crippen LogP contribution in [0.4, 0.5) is 17.1 Å². The molecular weight excluding hydrogens is 607 g/mol. The highest BCUT2D eigenvalue weighted by atomic mass is 16.3. The van der Waals surface area contributed by atoms with Crippen LogP contribution in [0.5, 0.6) is 0 Å². The van der Waals surface area contributed by atoms with Gasteiger partial charge in [-0.25, -0.2) is 0 Å². The molecule has 12 rings (SSSR count). The number of fused-ring (bicyclic) bond motifs is 7. The average molecular weight is 664 g/mol. The average Bonchev–Trinajstić information content (AvgIpc) is 3.75. The minimum atomic E-state index is -0.524. The van der Waals surface area contributed by atoms with Crippen molar-refractivity contribution in [2.45, 2.75) is 88.9 Å². The van der Waals surface area contributed by atoms with Crippen LogP contribution in [-0.2, 0) is 16.2 Å². The Labute approximate surface area is 310 Å². The highest BCUT2D eigenvalue weighted by Crippen LogP contribution is 2.69. The summed E-state index contributed by atoms with van der Waals surface area (Å²) in [6, 6.07) is 11.8. The molecule has 250 valence electrons. The maximum absolute atomic E-state index is 10.1. The Morgan fingerprint density at radius 1 is 0.600 bits per heavy atom. The van der Waals surface area contributed by atoms with Gasteiger partial charge < -0.3 is 9.32 Å². The largest absolute Gasteiger partial charge is 0.456 e. The molecule has 0 radical (unpaired) electrons. The SMILES string of the molecule is [2H]c1c([2H])c2c(c([2H])c1N(c1ccc3c(c1)C1(c4ccccc4-3)C3CC4CC(C3)CC1C4)c1c([2H])c([2H])c3c(oc4c([2H])c([2H])c([2H])c([2H])c43)c1[2H])C(C)(C)CCC2(C)C. The van der Waals surface area contributed by atoms with Crippen molar-refractivity contribution in [2.75, 3.05) is 4.90 Å². The molecule has 1 aromatic heterocycles. The lowest BCUT2D eigenvalue weighted by Crippen LogP contribution is -2.55. The monoisotopic (exact) mass is 663 g/mol. The first kappa shape index (κ1) is 21.2. The third-order valence-electron chi connectivity index (χ3n) is 13.6. The van der Waals surface area contributed by atoms with E-state index in [4.69, 9.17) is 9.90 Å². The van der Waals surface area contributed by atoms with Gasteiger partial charge in [-0.15, -0.1) is 0 Å². The Bertz CT molecular complexity index is 2900. The summed E-state index contributed by atoms with van der Waals surface area (Å²) < 4.78 is 99.0. The Morgan fingerprint density at radius 3 is 2.06 bits per heavy atom. The molecule has 0 unspecified atom stereocenters. The summed E-state index contributed by atoms with van der Waals surface area (Å²) >= 11 is 0. The Kier molecular flexibility index (Phi) is 4.20. The molecule has 4 bridgehead atoms. The lowest BCUT2D eigenvalue weighted by atomic mass is 9.43. The van der Waals surface area contributed by atoms with Crippen LogP contribution in [-0.4, -0.2) is 0 Å². The summed E-state index contributed by atoms with van der Waals surface area (Å²) in [7, 11) is 0. The number of rotatable bonds is 3. The quantitative estimate of drug-likeness (QED) is 0.187. The van der Waals surface area contributed by atoms with Crippen molar-refractivity contribution >= 4 is 39.0 Å². The highest BCUT2D eigenvalue weighted by molar-refractivity contribution is 6.06. The molecule has 0 N–H and O–H groups in total. The van der Waals surface area contributed by atoms with Gasteiger partial charge in [-0.1, -0.05) is 82.2 Å². The van der Waals surface area contributed by atoms with Crippen LogP contribution < -0.4 is 4.90 Å². The maximum Gasteiger partial charge on any atom is 0.137 e. The van der Waals surface area contributed by atoms with Crippen LogP contribution >= 0.6 is 0 Å². The molecule has 5 aromatic carbocycles. The number of benzene rings is 5. The standard InChI is InChI=1S/C48H47NO/c1-46(2)19-20-47(3,4)43-27-34(15-18-41(43)46)49(35-14-17-39-38-10-6-8-12-44(38)50-45(39)28-35)33-13-16-37-36-9-5-7-11-40(36)48(42(37)26-33)31-22-29-21-30(24-31)25-32(48)23-29/h5-18,26-32H,19-25H2,1-4H3/i6D,8D,10D,12D,14D,15D,17D,18D,27D,28D. The Balaban J connectivity index is 1.25. The number of nitrogens with zero attached hydrogens (tertiary/aromatic N) is 1. The smallest absolute Gasteiger partial charge is 0.137 e. The van der Waals surface area contributed by atoms with Gasteiger partial charge in [-0.3, -0.25) is 0 Å². The minimum absolute atomic E-state index is 0.00228. The molecule has 1 spiro atoms. The number of para-hydroxylation sites is 1. The van der Waals surface area contributed by atoms with E-state index in [1.807, 2.05) is 6.07 Å². The van der Waals surface area contributed by atoms with E-state index < -0.39 is 41.0 Å². The molecule has 2 heteroatoms. The molecular formula is C48H47NO. The van der Waals surface area contributed by atoms with Crippen molar-refractivity contribution in [2.24, 2.45) is 23.7 Å². The lowest BCUT2D eigenvalue weighted by molar-refractivity contribution is -0.0399. The second-order valence-electron chi connectivity index (χ2n) is 17.3. The van der Waals surface area contributed by atoms with E-state index in [2.05, 4.69) is 64.1 Å². The van der Waals surface area contributed by atoms with Gasteiger partial charge in [0.25, 0.3) is 0 Å². The molecule has 4 fully saturated rings. The zero-order valence-electron chi connectivity index (χ0n) is 39.2. The van der Waals surface area contributed by atoms with Crippen molar-refractivity contribution in [3.8, 4) is 11.1 Å². The summed E-state index contributed by atoms with van der Waals surface area (Å²) in [6.45, 7) is 8.28. The molecule has 6 aromatic rings. The van der Waals surface area contributed by atoms with E-state index >= 15 is 0 Å². The zero-order chi connectivity index (χ0) is 42.3. The summed E-state index contributed by atoms with van der Waals surface area (Å²) in [5.41, 5.74) is 5.08. The van der Waals surface area contributed by atoms with Gasteiger partial charge in [-0.2, -0.15) is 0 Å². The van der Waals surface area contributed by atoms with E-state index in [9.17, 15) is 8.22 Å². The molecule has 0 amide bonds. The van der Waals surface area contributed by atoms with Crippen molar-refractivity contribution in [1.29, 1.82) is 0 Å². The molecule has 50 heavy (non-hydrogen) atoms. The van der Waals surface area contributed by atoms with Gasteiger partial charge in [0.2, 0.25) is 0 Å². The van der Waals surface area contributed by atoms with Crippen LogP contribution in [0.1, 0.15) is 109 Å². The third kappa shape index (κ3) is 3.86. The predicted molar refractivity (Wildman–Crippen MR) is 207 cm³/mol. The fraction of sp³-hybridized carbons (Fsp3) is 0.375. The summed E-state index contributed by atoms with van der Waals surface area (Å²) in [5.74, 6) is 2.32. The van der Waals surface area contributed by atoms with Crippen LogP contribution in [0.2, 0.25) is 0 Å². The highest BCUT2D eigenvalue weighted by Gasteiger charge is 2.61. The summed E-state index contributed by atoms with van der Waals surface area (Å²) in [6.07, 6.45) is 7.50.